The predicted octanol–water partition coefficient (Wildman–Crippen LogP) is 2.06. The fourth-order valence-corrected chi connectivity index (χ4v) is 2.22. The Morgan fingerprint density at radius 1 is 1.58 bits per heavy atom. The summed E-state index contributed by atoms with van der Waals surface area (Å²) < 4.78 is 0. The quantitative estimate of drug-likeness (QED) is 0.774. The van der Waals surface area contributed by atoms with E-state index in [-0.39, 0.29) is 0 Å². The second kappa shape index (κ2) is 4.58. The lowest BCUT2D eigenvalue weighted by Crippen LogP contribution is -2.03. The molecule has 12 heavy (non-hydrogen) atoms. The fraction of sp³-hybridized carbons (Fsp3) is 0.667. The molecule has 0 aromatic carbocycles. The lowest BCUT2D eigenvalue weighted by molar-refractivity contribution is 0.653. The maximum absolute atomic E-state index is 4.31. The van der Waals surface area contributed by atoms with Crippen molar-refractivity contribution >= 4 is 11.3 Å². The minimum atomic E-state index is 0.730. The van der Waals surface area contributed by atoms with Crippen molar-refractivity contribution in [1.29, 1.82) is 0 Å². The third kappa shape index (κ3) is 2.91. The summed E-state index contributed by atoms with van der Waals surface area (Å²) in [4.78, 5) is 5.71. The van der Waals surface area contributed by atoms with Crippen molar-refractivity contribution in [3.05, 3.63) is 16.1 Å². The van der Waals surface area contributed by atoms with Crippen LogP contribution < -0.4 is 5.32 Å². The van der Waals surface area contributed by atoms with E-state index in [0.717, 1.165) is 18.9 Å². The first-order chi connectivity index (χ1) is 5.72. The molecule has 1 heterocycles. The van der Waals surface area contributed by atoms with Gasteiger partial charge < -0.3 is 5.32 Å². The van der Waals surface area contributed by atoms with E-state index in [1.165, 1.54) is 9.88 Å². The summed E-state index contributed by atoms with van der Waals surface area (Å²) >= 11 is 1.81. The Hall–Kier alpha value is -0.410. The first kappa shape index (κ1) is 9.68. The molecule has 2 nitrogen and oxygen atoms in total. The van der Waals surface area contributed by atoms with Crippen LogP contribution in [0.25, 0.3) is 0 Å². The van der Waals surface area contributed by atoms with E-state index < -0.39 is 0 Å². The van der Waals surface area contributed by atoms with Crippen molar-refractivity contribution in [2.75, 3.05) is 7.05 Å². The third-order valence-corrected chi connectivity index (χ3v) is 2.56. The average molecular weight is 184 g/mol. The van der Waals surface area contributed by atoms with Crippen molar-refractivity contribution < 1.29 is 0 Å². The molecule has 0 aliphatic heterocycles. The highest BCUT2D eigenvalue weighted by atomic mass is 32.1. The minimum absolute atomic E-state index is 0.730. The Morgan fingerprint density at radius 3 is 2.92 bits per heavy atom. The van der Waals surface area contributed by atoms with Crippen molar-refractivity contribution in [2.24, 2.45) is 5.92 Å². The molecular formula is C9H16N2S. The van der Waals surface area contributed by atoms with Crippen LogP contribution in [0.2, 0.25) is 0 Å². The van der Waals surface area contributed by atoms with Gasteiger partial charge in [-0.15, -0.1) is 11.3 Å². The van der Waals surface area contributed by atoms with Gasteiger partial charge in [-0.2, -0.15) is 0 Å². The zero-order chi connectivity index (χ0) is 8.97. The topological polar surface area (TPSA) is 24.9 Å². The van der Waals surface area contributed by atoms with Crippen molar-refractivity contribution in [1.82, 2.24) is 10.3 Å². The molecule has 3 heteroatoms. The highest BCUT2D eigenvalue weighted by Gasteiger charge is 2.02. The number of thiazole rings is 1. The summed E-state index contributed by atoms with van der Waals surface area (Å²) in [6, 6.07) is 0. The van der Waals surface area contributed by atoms with Gasteiger partial charge in [-0.05, 0) is 19.4 Å². The number of nitrogens with zero attached hydrogens (tertiary/aromatic N) is 1. The fourth-order valence-electron chi connectivity index (χ4n) is 1.08. The van der Waals surface area contributed by atoms with Gasteiger partial charge >= 0.3 is 0 Å². The molecule has 68 valence electrons. The van der Waals surface area contributed by atoms with Crippen LogP contribution in [0.4, 0.5) is 0 Å². The molecule has 0 fully saturated rings. The number of hydrogen-bond acceptors (Lipinski definition) is 3. The highest BCUT2D eigenvalue weighted by Crippen LogP contribution is 2.16. The predicted molar refractivity (Wildman–Crippen MR) is 53.4 cm³/mol. The van der Waals surface area contributed by atoms with E-state index in [2.05, 4.69) is 24.1 Å². The highest BCUT2D eigenvalue weighted by molar-refractivity contribution is 7.11. The Bertz CT molecular complexity index is 230. The van der Waals surface area contributed by atoms with Gasteiger partial charge in [0.05, 0.1) is 0 Å². The van der Waals surface area contributed by atoms with Gasteiger partial charge in [0.2, 0.25) is 0 Å². The summed E-state index contributed by atoms with van der Waals surface area (Å²) in [5.41, 5.74) is 0. The molecule has 0 spiro atoms. The van der Waals surface area contributed by atoms with Gasteiger partial charge in [-0.1, -0.05) is 13.8 Å². The molecule has 0 aliphatic carbocycles. The van der Waals surface area contributed by atoms with E-state index in [1.807, 2.05) is 24.6 Å². The van der Waals surface area contributed by atoms with Gasteiger partial charge in [0.15, 0.2) is 0 Å². The Morgan fingerprint density at radius 2 is 2.33 bits per heavy atom. The molecule has 1 aromatic rings. The van der Waals surface area contributed by atoms with E-state index in [9.17, 15) is 0 Å². The summed E-state index contributed by atoms with van der Waals surface area (Å²) in [5.74, 6) is 0.730. The van der Waals surface area contributed by atoms with Crippen LogP contribution in [0.1, 0.15) is 23.7 Å². The van der Waals surface area contributed by atoms with Gasteiger partial charge in [0.1, 0.15) is 5.01 Å². The molecule has 0 saturated carbocycles. The maximum Gasteiger partial charge on any atom is 0.107 e. The normalized spacial score (nSPS) is 11.0. The van der Waals surface area contributed by atoms with Crippen LogP contribution in [-0.4, -0.2) is 12.0 Å². The number of rotatable bonds is 4. The number of aromatic nitrogens is 1. The molecule has 0 radical (unpaired) electrons. The Labute approximate surface area is 78.0 Å². The minimum Gasteiger partial charge on any atom is -0.314 e. The Balaban J connectivity index is 2.52. The summed E-state index contributed by atoms with van der Waals surface area (Å²) in [7, 11) is 1.95. The first-order valence-electron chi connectivity index (χ1n) is 4.30. The van der Waals surface area contributed by atoms with Crippen molar-refractivity contribution in [3.8, 4) is 0 Å². The molecule has 0 bridgehead atoms. The summed E-state index contributed by atoms with van der Waals surface area (Å²) in [5, 5.41) is 4.29. The van der Waals surface area contributed by atoms with Gasteiger partial charge in [0, 0.05) is 17.6 Å². The van der Waals surface area contributed by atoms with Gasteiger partial charge in [0.25, 0.3) is 0 Å². The van der Waals surface area contributed by atoms with Crippen LogP contribution in [0.3, 0.4) is 0 Å². The monoisotopic (exact) mass is 184 g/mol. The van der Waals surface area contributed by atoms with E-state index >= 15 is 0 Å². The second-order valence-electron chi connectivity index (χ2n) is 3.35. The van der Waals surface area contributed by atoms with E-state index in [1.54, 1.807) is 0 Å². The van der Waals surface area contributed by atoms with E-state index in [0.29, 0.717) is 0 Å². The molecule has 0 atom stereocenters. The molecule has 0 saturated heterocycles. The van der Waals surface area contributed by atoms with Crippen LogP contribution in [0.15, 0.2) is 6.20 Å². The van der Waals surface area contributed by atoms with Crippen LogP contribution in [0.5, 0.6) is 0 Å². The first-order valence-corrected chi connectivity index (χ1v) is 5.12. The molecule has 0 aliphatic rings. The third-order valence-electron chi connectivity index (χ3n) is 1.54. The second-order valence-corrected chi connectivity index (χ2v) is 4.55. The smallest absolute Gasteiger partial charge is 0.107 e. The van der Waals surface area contributed by atoms with Crippen molar-refractivity contribution in [3.63, 3.8) is 0 Å². The van der Waals surface area contributed by atoms with Crippen LogP contribution >= 0.6 is 11.3 Å². The van der Waals surface area contributed by atoms with Gasteiger partial charge in [-0.3, -0.25) is 0 Å². The van der Waals surface area contributed by atoms with Gasteiger partial charge in [-0.25, -0.2) is 4.98 Å². The molecule has 0 unspecified atom stereocenters. The largest absolute Gasteiger partial charge is 0.314 e. The van der Waals surface area contributed by atoms with E-state index in [4.69, 9.17) is 0 Å². The maximum atomic E-state index is 4.31. The van der Waals surface area contributed by atoms with Crippen molar-refractivity contribution in [2.45, 2.75) is 26.8 Å². The average Bonchev–Trinajstić information content (AvgIpc) is 2.36. The molecule has 1 aromatic heterocycles. The molecule has 0 amide bonds. The zero-order valence-electron chi connectivity index (χ0n) is 7.92. The lowest BCUT2D eigenvalue weighted by Gasteiger charge is -1.98. The summed E-state index contributed by atoms with van der Waals surface area (Å²) in [6.07, 6.45) is 3.15. The molecular weight excluding hydrogens is 168 g/mol. The lowest BCUT2D eigenvalue weighted by atomic mass is 10.1. The number of nitrogens with one attached hydrogen (secondary N) is 1. The van der Waals surface area contributed by atoms with Crippen LogP contribution in [-0.2, 0) is 13.0 Å². The molecule has 1 N–H and O–H groups in total. The summed E-state index contributed by atoms with van der Waals surface area (Å²) in [6.45, 7) is 5.36. The standard InChI is InChI=1S/C9H16N2S/c1-7(2)4-8-5-11-9(12-8)6-10-3/h5,7,10H,4,6H2,1-3H3. The zero-order valence-corrected chi connectivity index (χ0v) is 8.74. The SMILES string of the molecule is CNCc1ncc(CC(C)C)s1. The molecule has 1 rings (SSSR count). The number of hydrogen-bond donors (Lipinski definition) is 1. The Kier molecular flexibility index (Phi) is 3.69. The van der Waals surface area contributed by atoms with Crippen LogP contribution in [0, 0.1) is 5.92 Å².